The molecule has 0 aliphatic heterocycles. The Morgan fingerprint density at radius 3 is 2.48 bits per heavy atom. The van der Waals surface area contributed by atoms with Crippen LogP contribution < -0.4 is 0 Å². The van der Waals surface area contributed by atoms with Gasteiger partial charge in [-0.2, -0.15) is 0 Å². The number of hydrogen-bond acceptors (Lipinski definition) is 2. The molecule has 0 bridgehead atoms. The van der Waals surface area contributed by atoms with Gasteiger partial charge < -0.3 is 9.64 Å². The first-order valence-electron chi connectivity index (χ1n) is 7.55. The Labute approximate surface area is 128 Å². The Bertz CT molecular complexity index is 434. The zero-order valence-electron chi connectivity index (χ0n) is 13.5. The van der Waals surface area contributed by atoms with Crippen molar-refractivity contribution in [1.82, 2.24) is 4.90 Å². The molecule has 3 nitrogen and oxygen atoms in total. The first kappa shape index (κ1) is 17.3. The van der Waals surface area contributed by atoms with E-state index in [2.05, 4.69) is 6.58 Å². The SMILES string of the molecule is C=CCCCCN(Cc1ccccc1)C(=O)OC(C)(C)C. The van der Waals surface area contributed by atoms with Crippen molar-refractivity contribution < 1.29 is 9.53 Å². The highest BCUT2D eigenvalue weighted by molar-refractivity contribution is 5.68. The Kier molecular flexibility index (Phi) is 7.00. The standard InChI is InChI=1S/C18H27NO2/c1-5-6-7-11-14-19(17(20)21-18(2,3)4)15-16-12-9-8-10-13-16/h5,8-10,12-13H,1,6-7,11,14-15H2,2-4H3. The first-order chi connectivity index (χ1) is 9.92. The van der Waals surface area contributed by atoms with Gasteiger partial charge in [0.25, 0.3) is 0 Å². The predicted molar refractivity (Wildman–Crippen MR) is 87.1 cm³/mol. The highest BCUT2D eigenvalue weighted by Crippen LogP contribution is 2.14. The van der Waals surface area contributed by atoms with Crippen molar-refractivity contribution in [2.75, 3.05) is 6.54 Å². The molecule has 1 amide bonds. The van der Waals surface area contributed by atoms with Gasteiger partial charge >= 0.3 is 6.09 Å². The largest absolute Gasteiger partial charge is 0.444 e. The lowest BCUT2D eigenvalue weighted by atomic mass is 10.2. The molecule has 0 aliphatic rings. The molecule has 1 aromatic rings. The number of allylic oxidation sites excluding steroid dienone is 1. The first-order valence-corrected chi connectivity index (χ1v) is 7.55. The Balaban J connectivity index is 2.64. The van der Waals surface area contributed by atoms with Gasteiger partial charge in [0.05, 0.1) is 0 Å². The molecule has 0 unspecified atom stereocenters. The van der Waals surface area contributed by atoms with Gasteiger partial charge in [-0.3, -0.25) is 0 Å². The quantitative estimate of drug-likeness (QED) is 0.534. The van der Waals surface area contributed by atoms with E-state index in [1.54, 1.807) is 4.90 Å². The number of rotatable bonds is 7. The summed E-state index contributed by atoms with van der Waals surface area (Å²) in [5.41, 5.74) is 0.653. The zero-order valence-corrected chi connectivity index (χ0v) is 13.5. The summed E-state index contributed by atoms with van der Waals surface area (Å²) in [4.78, 5) is 14.1. The summed E-state index contributed by atoms with van der Waals surface area (Å²) in [6.07, 6.45) is 4.64. The van der Waals surface area contributed by atoms with Crippen molar-refractivity contribution >= 4 is 6.09 Å². The van der Waals surface area contributed by atoms with Gasteiger partial charge in [-0.1, -0.05) is 36.4 Å². The average molecular weight is 289 g/mol. The molecule has 3 heteroatoms. The molecule has 0 fully saturated rings. The number of hydrogen-bond donors (Lipinski definition) is 0. The Morgan fingerprint density at radius 2 is 1.90 bits per heavy atom. The van der Waals surface area contributed by atoms with Crippen LogP contribution in [-0.4, -0.2) is 23.1 Å². The smallest absolute Gasteiger partial charge is 0.410 e. The maximum atomic E-state index is 12.3. The van der Waals surface area contributed by atoms with E-state index in [1.807, 2.05) is 57.2 Å². The second kappa shape index (κ2) is 8.50. The van der Waals surface area contributed by atoms with Gasteiger partial charge in [0.2, 0.25) is 0 Å². The average Bonchev–Trinajstić information content (AvgIpc) is 2.41. The molecule has 0 saturated heterocycles. The van der Waals surface area contributed by atoms with Crippen LogP contribution in [0.15, 0.2) is 43.0 Å². The summed E-state index contributed by atoms with van der Waals surface area (Å²) < 4.78 is 5.50. The number of unbranched alkanes of at least 4 members (excludes halogenated alkanes) is 2. The molecule has 0 aliphatic carbocycles. The molecule has 116 valence electrons. The highest BCUT2D eigenvalue weighted by atomic mass is 16.6. The lowest BCUT2D eigenvalue weighted by molar-refractivity contribution is 0.0230. The van der Waals surface area contributed by atoms with Crippen LogP contribution in [0.1, 0.15) is 45.6 Å². The van der Waals surface area contributed by atoms with Crippen molar-refractivity contribution in [3.63, 3.8) is 0 Å². The maximum absolute atomic E-state index is 12.3. The van der Waals surface area contributed by atoms with E-state index in [1.165, 1.54) is 0 Å². The molecule has 1 aromatic carbocycles. The third kappa shape index (κ3) is 7.54. The second-order valence-electron chi connectivity index (χ2n) is 6.17. The maximum Gasteiger partial charge on any atom is 0.410 e. The molecule has 0 spiro atoms. The summed E-state index contributed by atoms with van der Waals surface area (Å²) in [6.45, 7) is 10.7. The van der Waals surface area contributed by atoms with Crippen molar-refractivity contribution in [2.45, 2.75) is 52.2 Å². The van der Waals surface area contributed by atoms with E-state index in [0.29, 0.717) is 13.1 Å². The van der Waals surface area contributed by atoms with Gasteiger partial charge in [-0.05, 0) is 45.6 Å². The summed E-state index contributed by atoms with van der Waals surface area (Å²) >= 11 is 0. The normalized spacial score (nSPS) is 11.0. The van der Waals surface area contributed by atoms with E-state index in [9.17, 15) is 4.79 Å². The number of ether oxygens (including phenoxy) is 1. The van der Waals surface area contributed by atoms with Crippen LogP contribution in [0.3, 0.4) is 0 Å². The summed E-state index contributed by atoms with van der Waals surface area (Å²) in [5, 5.41) is 0. The van der Waals surface area contributed by atoms with Crippen molar-refractivity contribution in [1.29, 1.82) is 0 Å². The van der Waals surface area contributed by atoms with Crippen LogP contribution >= 0.6 is 0 Å². The monoisotopic (exact) mass is 289 g/mol. The number of benzene rings is 1. The molecule has 0 saturated carbocycles. The topological polar surface area (TPSA) is 29.5 Å². The minimum Gasteiger partial charge on any atom is -0.444 e. The second-order valence-corrected chi connectivity index (χ2v) is 6.17. The predicted octanol–water partition coefficient (Wildman–Crippen LogP) is 4.78. The molecule has 0 N–H and O–H groups in total. The Hall–Kier alpha value is -1.77. The molecule has 0 heterocycles. The minimum absolute atomic E-state index is 0.245. The van der Waals surface area contributed by atoms with Crippen molar-refractivity contribution in [3.05, 3.63) is 48.6 Å². The molecule has 1 rings (SSSR count). The number of carbonyl (C=O) groups excluding carboxylic acids is 1. The molecule has 0 atom stereocenters. The van der Waals surface area contributed by atoms with Crippen LogP contribution in [0.2, 0.25) is 0 Å². The van der Waals surface area contributed by atoms with Gasteiger partial charge in [0.1, 0.15) is 5.60 Å². The van der Waals surface area contributed by atoms with Crippen LogP contribution in [0.25, 0.3) is 0 Å². The highest BCUT2D eigenvalue weighted by Gasteiger charge is 2.21. The minimum atomic E-state index is -0.465. The van der Waals surface area contributed by atoms with Crippen LogP contribution in [0, 0.1) is 0 Å². The van der Waals surface area contributed by atoms with Crippen molar-refractivity contribution in [2.24, 2.45) is 0 Å². The summed E-state index contributed by atoms with van der Waals surface area (Å²) in [5.74, 6) is 0. The molecule has 0 radical (unpaired) electrons. The van der Waals surface area contributed by atoms with Gasteiger partial charge in [-0.25, -0.2) is 4.79 Å². The lowest BCUT2D eigenvalue weighted by Gasteiger charge is -2.27. The van der Waals surface area contributed by atoms with Crippen LogP contribution in [0.4, 0.5) is 4.79 Å². The fraction of sp³-hybridized carbons (Fsp3) is 0.500. The van der Waals surface area contributed by atoms with Gasteiger partial charge in [0.15, 0.2) is 0 Å². The number of carbonyl (C=O) groups is 1. The van der Waals surface area contributed by atoms with Crippen LogP contribution in [-0.2, 0) is 11.3 Å². The zero-order chi connectivity index (χ0) is 15.7. The fourth-order valence-corrected chi connectivity index (χ4v) is 1.96. The molecule has 21 heavy (non-hydrogen) atoms. The van der Waals surface area contributed by atoms with Crippen LogP contribution in [0.5, 0.6) is 0 Å². The summed E-state index contributed by atoms with van der Waals surface area (Å²) in [6, 6.07) is 10.0. The van der Waals surface area contributed by atoms with Gasteiger partial charge in [0, 0.05) is 13.1 Å². The van der Waals surface area contributed by atoms with E-state index < -0.39 is 5.60 Å². The van der Waals surface area contributed by atoms with E-state index in [0.717, 1.165) is 24.8 Å². The van der Waals surface area contributed by atoms with Crippen molar-refractivity contribution in [3.8, 4) is 0 Å². The molecular weight excluding hydrogens is 262 g/mol. The third-order valence-electron chi connectivity index (χ3n) is 2.95. The summed E-state index contributed by atoms with van der Waals surface area (Å²) in [7, 11) is 0. The molecular formula is C18H27NO2. The van der Waals surface area contributed by atoms with E-state index >= 15 is 0 Å². The molecule has 0 aromatic heterocycles. The third-order valence-corrected chi connectivity index (χ3v) is 2.95. The van der Waals surface area contributed by atoms with E-state index in [4.69, 9.17) is 4.74 Å². The number of nitrogens with zero attached hydrogens (tertiary/aromatic N) is 1. The fourth-order valence-electron chi connectivity index (χ4n) is 1.96. The van der Waals surface area contributed by atoms with Gasteiger partial charge in [-0.15, -0.1) is 6.58 Å². The Morgan fingerprint density at radius 1 is 1.24 bits per heavy atom. The number of amides is 1. The lowest BCUT2D eigenvalue weighted by Crippen LogP contribution is -2.37. The van der Waals surface area contributed by atoms with E-state index in [-0.39, 0.29) is 6.09 Å².